The molecule has 0 bridgehead atoms. The fourth-order valence-corrected chi connectivity index (χ4v) is 3.95. The highest BCUT2D eigenvalue weighted by Crippen LogP contribution is 2.47. The second-order valence-electron chi connectivity index (χ2n) is 9.11. The predicted molar refractivity (Wildman–Crippen MR) is 115 cm³/mol. The molecule has 1 aliphatic rings. The summed E-state index contributed by atoms with van der Waals surface area (Å²) in [6.45, 7) is 11.5. The maximum absolute atomic E-state index is 13.5. The van der Waals surface area contributed by atoms with Crippen LogP contribution in [0, 0.1) is 17.3 Å². The van der Waals surface area contributed by atoms with Gasteiger partial charge in [0.25, 0.3) is 0 Å². The summed E-state index contributed by atoms with van der Waals surface area (Å²) in [6.07, 6.45) is 3.94. The second kappa shape index (κ2) is 10.7. The van der Waals surface area contributed by atoms with Crippen molar-refractivity contribution in [1.82, 2.24) is 0 Å². The van der Waals surface area contributed by atoms with Crippen molar-refractivity contribution >= 4 is 17.3 Å². The lowest BCUT2D eigenvalue weighted by Crippen LogP contribution is -2.42. The number of rotatable bonds is 12. The minimum Gasteiger partial charge on any atom is -0.510 e. The Labute approximate surface area is 175 Å². The third-order valence-corrected chi connectivity index (χ3v) is 5.48. The van der Waals surface area contributed by atoms with Gasteiger partial charge in [-0.3, -0.25) is 14.4 Å². The van der Waals surface area contributed by atoms with Crippen LogP contribution in [0.3, 0.4) is 0 Å². The van der Waals surface area contributed by atoms with Crippen molar-refractivity contribution in [2.24, 2.45) is 17.3 Å². The van der Waals surface area contributed by atoms with E-state index in [0.29, 0.717) is 25.7 Å². The van der Waals surface area contributed by atoms with Crippen molar-refractivity contribution in [3.05, 3.63) is 22.7 Å². The van der Waals surface area contributed by atoms with E-state index < -0.39 is 28.5 Å². The molecular weight excluding hydrogens is 368 g/mol. The standard InChI is InChI=1S/C24H38O5/c1-7-9-11-24(12-10-8-2)22(28)19(17(25)13-15(3)4)21(27)20(23(24)29)18(26)14-16(5)6/h15-16,27-28H,7-14H2,1-6H3. The highest BCUT2D eigenvalue weighted by atomic mass is 16.3. The van der Waals surface area contributed by atoms with E-state index in [-0.39, 0.29) is 41.6 Å². The maximum Gasteiger partial charge on any atom is 0.183 e. The summed E-state index contributed by atoms with van der Waals surface area (Å²) in [4.78, 5) is 39.4. The van der Waals surface area contributed by atoms with Gasteiger partial charge >= 0.3 is 0 Å². The number of aliphatic hydroxyl groups is 2. The first kappa shape index (κ1) is 25.1. The van der Waals surface area contributed by atoms with Gasteiger partial charge in [-0.2, -0.15) is 0 Å². The fourth-order valence-electron chi connectivity index (χ4n) is 3.95. The molecule has 0 saturated heterocycles. The van der Waals surface area contributed by atoms with Crippen LogP contribution < -0.4 is 0 Å². The molecule has 0 heterocycles. The summed E-state index contributed by atoms with van der Waals surface area (Å²) in [6, 6.07) is 0. The number of unbranched alkanes of at least 4 members (excludes halogenated alkanes) is 2. The maximum atomic E-state index is 13.5. The zero-order valence-corrected chi connectivity index (χ0v) is 18.9. The highest BCUT2D eigenvalue weighted by molar-refractivity contribution is 6.26. The zero-order chi connectivity index (χ0) is 22.4. The Kier molecular flexibility index (Phi) is 9.31. The van der Waals surface area contributed by atoms with Crippen LogP contribution in [0.4, 0.5) is 0 Å². The van der Waals surface area contributed by atoms with Crippen LogP contribution in [-0.2, 0) is 14.4 Å². The quantitative estimate of drug-likeness (QED) is 0.400. The molecule has 0 fully saturated rings. The van der Waals surface area contributed by atoms with Gasteiger partial charge in [0.2, 0.25) is 0 Å². The van der Waals surface area contributed by atoms with E-state index in [4.69, 9.17) is 0 Å². The normalized spacial score (nSPS) is 16.9. The average Bonchev–Trinajstić information content (AvgIpc) is 2.60. The number of carbonyl (C=O) groups is 3. The van der Waals surface area contributed by atoms with Crippen LogP contribution >= 0.6 is 0 Å². The number of hydrogen-bond acceptors (Lipinski definition) is 5. The van der Waals surface area contributed by atoms with E-state index in [1.54, 1.807) is 0 Å². The van der Waals surface area contributed by atoms with Crippen molar-refractivity contribution in [1.29, 1.82) is 0 Å². The van der Waals surface area contributed by atoms with Crippen molar-refractivity contribution < 1.29 is 24.6 Å². The topological polar surface area (TPSA) is 91.7 Å². The number of Topliss-reactive ketones (excluding diaryl/α,β-unsaturated/α-hetero) is 3. The monoisotopic (exact) mass is 406 g/mol. The van der Waals surface area contributed by atoms with Gasteiger partial charge < -0.3 is 10.2 Å². The number of aliphatic hydroxyl groups excluding tert-OH is 2. The molecule has 5 nitrogen and oxygen atoms in total. The lowest BCUT2D eigenvalue weighted by atomic mass is 9.65. The molecular formula is C24H38O5. The van der Waals surface area contributed by atoms with Crippen LogP contribution in [0.5, 0.6) is 0 Å². The largest absolute Gasteiger partial charge is 0.510 e. The first-order chi connectivity index (χ1) is 13.5. The summed E-state index contributed by atoms with van der Waals surface area (Å²) in [7, 11) is 0. The minimum atomic E-state index is -1.30. The molecule has 0 radical (unpaired) electrons. The van der Waals surface area contributed by atoms with Gasteiger partial charge in [-0.25, -0.2) is 0 Å². The molecule has 0 atom stereocenters. The molecule has 164 valence electrons. The van der Waals surface area contributed by atoms with E-state index in [9.17, 15) is 24.6 Å². The summed E-state index contributed by atoms with van der Waals surface area (Å²) in [5.41, 5.74) is -1.82. The third kappa shape index (κ3) is 5.58. The summed E-state index contributed by atoms with van der Waals surface area (Å²) >= 11 is 0. The van der Waals surface area contributed by atoms with Crippen LogP contribution in [0.1, 0.15) is 92.9 Å². The number of hydrogen-bond donors (Lipinski definition) is 2. The van der Waals surface area contributed by atoms with Gasteiger partial charge in [0.1, 0.15) is 17.1 Å². The Hall–Kier alpha value is -1.91. The Morgan fingerprint density at radius 2 is 1.24 bits per heavy atom. The fraction of sp³-hybridized carbons (Fsp3) is 0.708. The molecule has 0 aromatic rings. The lowest BCUT2D eigenvalue weighted by Gasteiger charge is -2.37. The van der Waals surface area contributed by atoms with Crippen molar-refractivity contribution in [3.63, 3.8) is 0 Å². The summed E-state index contributed by atoms with van der Waals surface area (Å²) < 4.78 is 0. The molecule has 1 aliphatic carbocycles. The molecule has 0 aromatic heterocycles. The van der Waals surface area contributed by atoms with Gasteiger partial charge in [0.15, 0.2) is 17.3 Å². The van der Waals surface area contributed by atoms with Crippen molar-refractivity contribution in [3.8, 4) is 0 Å². The van der Waals surface area contributed by atoms with E-state index in [2.05, 4.69) is 0 Å². The average molecular weight is 407 g/mol. The van der Waals surface area contributed by atoms with E-state index in [1.807, 2.05) is 41.5 Å². The van der Waals surface area contributed by atoms with Gasteiger partial charge in [0.05, 0.1) is 11.0 Å². The van der Waals surface area contributed by atoms with Gasteiger partial charge in [-0.1, -0.05) is 67.2 Å². The molecule has 1 rings (SSSR count). The van der Waals surface area contributed by atoms with Crippen LogP contribution in [0.15, 0.2) is 22.7 Å². The van der Waals surface area contributed by atoms with Gasteiger partial charge in [0, 0.05) is 12.8 Å². The lowest BCUT2D eigenvalue weighted by molar-refractivity contribution is -0.129. The summed E-state index contributed by atoms with van der Waals surface area (Å²) in [5.74, 6) is -2.35. The molecule has 0 aromatic carbocycles. The Morgan fingerprint density at radius 1 is 0.828 bits per heavy atom. The van der Waals surface area contributed by atoms with Crippen LogP contribution in [0.2, 0.25) is 0 Å². The summed E-state index contributed by atoms with van der Waals surface area (Å²) in [5, 5.41) is 22.0. The Morgan fingerprint density at radius 3 is 1.62 bits per heavy atom. The molecule has 0 spiro atoms. The number of ketones is 3. The molecule has 5 heteroatoms. The first-order valence-corrected chi connectivity index (χ1v) is 11.0. The number of allylic oxidation sites excluding steroid dienone is 3. The SMILES string of the molecule is CCCCC1(CCCC)C(=O)C(C(=O)CC(C)C)=C(O)C(C(=O)CC(C)C)=C1O. The molecule has 0 amide bonds. The molecule has 0 saturated carbocycles. The van der Waals surface area contributed by atoms with Crippen molar-refractivity contribution in [2.45, 2.75) is 92.9 Å². The van der Waals surface area contributed by atoms with Crippen LogP contribution in [0.25, 0.3) is 0 Å². The molecule has 0 unspecified atom stereocenters. The van der Waals surface area contributed by atoms with Crippen molar-refractivity contribution in [2.75, 3.05) is 0 Å². The predicted octanol–water partition coefficient (Wildman–Crippen LogP) is 5.79. The van der Waals surface area contributed by atoms with E-state index in [0.717, 1.165) is 12.8 Å². The highest BCUT2D eigenvalue weighted by Gasteiger charge is 2.51. The van der Waals surface area contributed by atoms with Gasteiger partial charge in [-0.15, -0.1) is 0 Å². The zero-order valence-electron chi connectivity index (χ0n) is 18.9. The smallest absolute Gasteiger partial charge is 0.183 e. The van der Waals surface area contributed by atoms with Crippen LogP contribution in [-0.4, -0.2) is 27.6 Å². The van der Waals surface area contributed by atoms with Gasteiger partial charge in [-0.05, 0) is 24.7 Å². The molecule has 2 N–H and O–H groups in total. The van der Waals surface area contributed by atoms with E-state index in [1.165, 1.54) is 0 Å². The minimum absolute atomic E-state index is 0.00519. The van der Waals surface area contributed by atoms with E-state index >= 15 is 0 Å². The Balaban J connectivity index is 3.71. The number of carbonyl (C=O) groups excluding carboxylic acids is 3. The molecule has 0 aliphatic heterocycles. The molecule has 29 heavy (non-hydrogen) atoms. The third-order valence-electron chi connectivity index (χ3n) is 5.48. The second-order valence-corrected chi connectivity index (χ2v) is 9.11. The first-order valence-electron chi connectivity index (χ1n) is 11.0. The Bertz CT molecular complexity index is 686.